The summed E-state index contributed by atoms with van der Waals surface area (Å²) in [4.78, 5) is 34.9. The van der Waals surface area contributed by atoms with Gasteiger partial charge >= 0.3 is 0 Å². The summed E-state index contributed by atoms with van der Waals surface area (Å²) in [5.41, 5.74) is 5.05. The van der Waals surface area contributed by atoms with Gasteiger partial charge < -0.3 is 5.32 Å². The largest absolute Gasteiger partial charge is 0.344 e. The van der Waals surface area contributed by atoms with E-state index in [1.165, 1.54) is 6.92 Å². The number of rotatable bonds is 4. The van der Waals surface area contributed by atoms with E-state index in [1.54, 1.807) is 38.1 Å². The first-order valence-electron chi connectivity index (χ1n) is 6.44. The molecule has 1 aromatic rings. The summed E-state index contributed by atoms with van der Waals surface area (Å²) in [5, 5.41) is 2.54. The SMILES string of the molecule is CC(=O)N[C@@H](C(=O)NNC(=O)c1ccc(Br)cc1)C(C)C. The van der Waals surface area contributed by atoms with Crippen molar-refractivity contribution < 1.29 is 14.4 Å². The molecule has 3 amide bonds. The zero-order chi connectivity index (χ0) is 16.0. The molecule has 0 bridgehead atoms. The molecule has 0 heterocycles. The molecule has 21 heavy (non-hydrogen) atoms. The zero-order valence-corrected chi connectivity index (χ0v) is 13.7. The Kier molecular flexibility index (Phi) is 6.36. The average Bonchev–Trinajstić information content (AvgIpc) is 2.42. The number of halogens is 1. The second-order valence-electron chi connectivity index (χ2n) is 4.87. The van der Waals surface area contributed by atoms with Gasteiger partial charge in [-0.2, -0.15) is 0 Å². The fourth-order valence-corrected chi connectivity index (χ4v) is 1.89. The summed E-state index contributed by atoms with van der Waals surface area (Å²) in [6.07, 6.45) is 0. The maximum atomic E-state index is 12.0. The molecule has 0 aliphatic heterocycles. The van der Waals surface area contributed by atoms with Gasteiger partial charge in [-0.05, 0) is 30.2 Å². The number of hydrogen-bond acceptors (Lipinski definition) is 3. The summed E-state index contributed by atoms with van der Waals surface area (Å²) < 4.78 is 0.855. The highest BCUT2D eigenvalue weighted by atomic mass is 79.9. The first kappa shape index (κ1) is 17.2. The maximum absolute atomic E-state index is 12.0. The second kappa shape index (κ2) is 7.78. The molecule has 0 unspecified atom stereocenters. The predicted molar refractivity (Wildman–Crippen MR) is 82.2 cm³/mol. The summed E-state index contributed by atoms with van der Waals surface area (Å²) >= 11 is 3.27. The third-order valence-electron chi connectivity index (χ3n) is 2.71. The van der Waals surface area contributed by atoms with Crippen molar-refractivity contribution in [1.29, 1.82) is 0 Å². The van der Waals surface area contributed by atoms with Gasteiger partial charge in [0, 0.05) is 17.0 Å². The molecule has 0 aromatic heterocycles. The summed E-state index contributed by atoms with van der Waals surface area (Å²) in [5.74, 6) is -1.30. The van der Waals surface area contributed by atoms with Crippen LogP contribution in [0.15, 0.2) is 28.7 Å². The lowest BCUT2D eigenvalue weighted by Gasteiger charge is -2.21. The van der Waals surface area contributed by atoms with Crippen molar-refractivity contribution in [2.45, 2.75) is 26.8 Å². The van der Waals surface area contributed by atoms with Crippen LogP contribution in [0.4, 0.5) is 0 Å². The number of hydrazine groups is 1. The van der Waals surface area contributed by atoms with Crippen molar-refractivity contribution in [3.63, 3.8) is 0 Å². The van der Waals surface area contributed by atoms with Gasteiger partial charge in [-0.25, -0.2) is 0 Å². The summed E-state index contributed by atoms with van der Waals surface area (Å²) in [6.45, 7) is 4.94. The predicted octanol–water partition coefficient (Wildman–Crippen LogP) is 1.37. The van der Waals surface area contributed by atoms with Crippen molar-refractivity contribution in [2.24, 2.45) is 5.92 Å². The van der Waals surface area contributed by atoms with Gasteiger partial charge in [0.2, 0.25) is 5.91 Å². The van der Waals surface area contributed by atoms with Gasteiger partial charge in [0.05, 0.1) is 0 Å². The standard InChI is InChI=1S/C14H18BrN3O3/c1-8(2)12(16-9(3)19)14(21)18-17-13(20)10-4-6-11(15)7-5-10/h4-8,12H,1-3H3,(H,16,19)(H,17,20)(H,18,21)/t12-/m1/s1. The Labute approximate surface area is 131 Å². The average molecular weight is 356 g/mol. The van der Waals surface area contributed by atoms with Crippen LogP contribution in [-0.4, -0.2) is 23.8 Å². The normalized spacial score (nSPS) is 11.7. The van der Waals surface area contributed by atoms with Crippen LogP contribution in [0.5, 0.6) is 0 Å². The highest BCUT2D eigenvalue weighted by Gasteiger charge is 2.23. The van der Waals surface area contributed by atoms with Crippen LogP contribution < -0.4 is 16.2 Å². The van der Waals surface area contributed by atoms with Crippen molar-refractivity contribution in [2.75, 3.05) is 0 Å². The van der Waals surface area contributed by atoms with E-state index in [4.69, 9.17) is 0 Å². The van der Waals surface area contributed by atoms with Gasteiger partial charge in [-0.3, -0.25) is 25.2 Å². The highest BCUT2D eigenvalue weighted by Crippen LogP contribution is 2.10. The monoisotopic (exact) mass is 355 g/mol. The maximum Gasteiger partial charge on any atom is 0.269 e. The third kappa shape index (κ3) is 5.55. The molecular weight excluding hydrogens is 338 g/mol. The molecule has 0 saturated heterocycles. The van der Waals surface area contributed by atoms with Crippen LogP contribution in [0, 0.1) is 5.92 Å². The van der Waals surface area contributed by atoms with Gasteiger partial charge in [0.25, 0.3) is 11.8 Å². The Morgan fingerprint density at radius 1 is 1.05 bits per heavy atom. The van der Waals surface area contributed by atoms with Gasteiger partial charge in [-0.15, -0.1) is 0 Å². The Hall–Kier alpha value is -1.89. The van der Waals surface area contributed by atoms with Crippen LogP contribution in [0.3, 0.4) is 0 Å². The molecule has 0 fully saturated rings. The molecule has 1 rings (SSSR count). The minimum absolute atomic E-state index is 0.0986. The van der Waals surface area contributed by atoms with Crippen LogP contribution in [0.1, 0.15) is 31.1 Å². The molecule has 0 saturated carbocycles. The van der Waals surface area contributed by atoms with Crippen molar-refractivity contribution in [3.8, 4) is 0 Å². The molecule has 0 radical (unpaired) electrons. The second-order valence-corrected chi connectivity index (χ2v) is 5.79. The van der Waals surface area contributed by atoms with Crippen molar-refractivity contribution >= 4 is 33.7 Å². The lowest BCUT2D eigenvalue weighted by atomic mass is 10.0. The Balaban J connectivity index is 2.60. The van der Waals surface area contributed by atoms with E-state index >= 15 is 0 Å². The molecule has 114 valence electrons. The number of carbonyl (C=O) groups excluding carboxylic acids is 3. The number of nitrogens with one attached hydrogen (secondary N) is 3. The van der Waals surface area contributed by atoms with E-state index in [2.05, 4.69) is 32.1 Å². The summed E-state index contributed by atoms with van der Waals surface area (Å²) in [6, 6.07) is 6.00. The molecular formula is C14H18BrN3O3. The quantitative estimate of drug-likeness (QED) is 0.712. The van der Waals surface area contributed by atoms with Gasteiger partial charge in [0.15, 0.2) is 0 Å². The zero-order valence-electron chi connectivity index (χ0n) is 12.1. The smallest absolute Gasteiger partial charge is 0.269 e. The van der Waals surface area contributed by atoms with E-state index in [9.17, 15) is 14.4 Å². The Morgan fingerprint density at radius 3 is 2.10 bits per heavy atom. The lowest BCUT2D eigenvalue weighted by molar-refractivity contribution is -0.129. The fraction of sp³-hybridized carbons (Fsp3) is 0.357. The van der Waals surface area contributed by atoms with Gasteiger partial charge in [0.1, 0.15) is 6.04 Å². The Morgan fingerprint density at radius 2 is 1.62 bits per heavy atom. The van der Waals surface area contributed by atoms with Crippen molar-refractivity contribution in [3.05, 3.63) is 34.3 Å². The van der Waals surface area contributed by atoms with Crippen LogP contribution >= 0.6 is 15.9 Å². The molecule has 0 spiro atoms. The van der Waals surface area contributed by atoms with Crippen LogP contribution in [0.2, 0.25) is 0 Å². The number of carbonyl (C=O) groups is 3. The first-order valence-corrected chi connectivity index (χ1v) is 7.23. The molecule has 6 nitrogen and oxygen atoms in total. The fourth-order valence-electron chi connectivity index (χ4n) is 1.62. The highest BCUT2D eigenvalue weighted by molar-refractivity contribution is 9.10. The summed E-state index contributed by atoms with van der Waals surface area (Å²) in [7, 11) is 0. The number of hydrogen-bond donors (Lipinski definition) is 3. The molecule has 1 atom stereocenters. The van der Waals surface area contributed by atoms with Crippen LogP contribution in [0.25, 0.3) is 0 Å². The van der Waals surface area contributed by atoms with E-state index in [0.717, 1.165) is 4.47 Å². The van der Waals surface area contributed by atoms with Gasteiger partial charge in [-0.1, -0.05) is 29.8 Å². The lowest BCUT2D eigenvalue weighted by Crippen LogP contribution is -2.54. The van der Waals surface area contributed by atoms with E-state index in [0.29, 0.717) is 5.56 Å². The van der Waals surface area contributed by atoms with E-state index < -0.39 is 17.9 Å². The number of benzene rings is 1. The third-order valence-corrected chi connectivity index (χ3v) is 3.24. The minimum Gasteiger partial charge on any atom is -0.344 e. The number of amides is 3. The first-order chi connectivity index (χ1) is 9.81. The van der Waals surface area contributed by atoms with E-state index in [-0.39, 0.29) is 11.8 Å². The van der Waals surface area contributed by atoms with Crippen molar-refractivity contribution in [1.82, 2.24) is 16.2 Å². The van der Waals surface area contributed by atoms with E-state index in [1.807, 2.05) is 0 Å². The molecule has 0 aliphatic rings. The molecule has 3 N–H and O–H groups in total. The topological polar surface area (TPSA) is 87.3 Å². The molecule has 0 aliphatic carbocycles. The minimum atomic E-state index is -0.701. The molecule has 7 heteroatoms. The van der Waals surface area contributed by atoms with Crippen LogP contribution in [-0.2, 0) is 9.59 Å². The Bertz CT molecular complexity index is 529. The molecule has 1 aromatic carbocycles.